The minimum absolute atomic E-state index is 0.344. The highest BCUT2D eigenvalue weighted by molar-refractivity contribution is 5.99. The van der Waals surface area contributed by atoms with E-state index in [1.807, 2.05) is 19.9 Å². The second kappa shape index (κ2) is 5.97. The van der Waals surface area contributed by atoms with Gasteiger partial charge in [0.05, 0.1) is 5.56 Å². The van der Waals surface area contributed by atoms with Crippen LogP contribution in [0.3, 0.4) is 0 Å². The van der Waals surface area contributed by atoms with E-state index >= 15 is 0 Å². The van der Waals surface area contributed by atoms with Crippen molar-refractivity contribution in [1.29, 1.82) is 0 Å². The highest BCUT2D eigenvalue weighted by Crippen LogP contribution is 2.12. The fraction of sp³-hybridized carbons (Fsp3) is 0.133. The van der Waals surface area contributed by atoms with Gasteiger partial charge in [-0.1, -0.05) is 12.1 Å². The number of pyridine rings is 1. The molecule has 0 radical (unpaired) electrons. The predicted octanol–water partition coefficient (Wildman–Crippen LogP) is 1.77. The summed E-state index contributed by atoms with van der Waals surface area (Å²) in [4.78, 5) is 27.6. The molecule has 2 rings (SSSR count). The summed E-state index contributed by atoms with van der Waals surface area (Å²) >= 11 is 0. The monoisotopic (exact) mass is 269 g/mol. The number of aromatic nitrogens is 1. The summed E-state index contributed by atoms with van der Waals surface area (Å²) < 4.78 is 0. The molecule has 0 aliphatic rings. The molecule has 2 amide bonds. The number of nitrogens with one attached hydrogen (secondary N) is 2. The van der Waals surface area contributed by atoms with Crippen LogP contribution in [0, 0.1) is 13.8 Å². The van der Waals surface area contributed by atoms with Gasteiger partial charge >= 0.3 is 0 Å². The first kappa shape index (κ1) is 13.7. The molecule has 2 aromatic rings. The minimum atomic E-state index is -0.406. The number of hydrogen-bond acceptors (Lipinski definition) is 3. The molecule has 1 aromatic carbocycles. The maximum atomic E-state index is 12.0. The van der Waals surface area contributed by atoms with Crippen LogP contribution in [0.2, 0.25) is 0 Å². The summed E-state index contributed by atoms with van der Waals surface area (Å²) in [6, 6.07) is 8.72. The molecule has 20 heavy (non-hydrogen) atoms. The number of rotatable bonds is 2. The lowest BCUT2D eigenvalue weighted by Crippen LogP contribution is -2.41. The van der Waals surface area contributed by atoms with E-state index in [-0.39, 0.29) is 5.91 Å². The van der Waals surface area contributed by atoms with Crippen molar-refractivity contribution in [2.24, 2.45) is 0 Å². The normalized spacial score (nSPS) is 9.90. The number of nitrogens with zero attached hydrogens (tertiary/aromatic N) is 1. The number of hydrogen-bond donors (Lipinski definition) is 2. The van der Waals surface area contributed by atoms with E-state index in [0.717, 1.165) is 11.1 Å². The van der Waals surface area contributed by atoms with Crippen molar-refractivity contribution in [3.05, 3.63) is 65.0 Å². The summed E-state index contributed by atoms with van der Waals surface area (Å²) in [5, 5.41) is 0. The third kappa shape index (κ3) is 3.00. The van der Waals surface area contributed by atoms with E-state index < -0.39 is 5.91 Å². The zero-order valence-corrected chi connectivity index (χ0v) is 11.3. The molecule has 1 aromatic heterocycles. The molecule has 102 valence electrons. The molecule has 2 N–H and O–H groups in total. The average molecular weight is 269 g/mol. The van der Waals surface area contributed by atoms with Crippen LogP contribution in [0.4, 0.5) is 0 Å². The van der Waals surface area contributed by atoms with Crippen molar-refractivity contribution in [1.82, 2.24) is 15.8 Å². The lowest BCUT2D eigenvalue weighted by molar-refractivity contribution is 0.0846. The SMILES string of the molecule is Cc1cccc(C(=O)NNC(=O)c2cccnc2)c1C. The molecule has 0 fully saturated rings. The van der Waals surface area contributed by atoms with Crippen LogP contribution in [0.25, 0.3) is 0 Å². The zero-order valence-electron chi connectivity index (χ0n) is 11.3. The standard InChI is InChI=1S/C15H15N3O2/c1-10-5-3-7-13(11(10)2)15(20)18-17-14(19)12-6-4-8-16-9-12/h3-9H,1-2H3,(H,17,19)(H,18,20). The number of benzene rings is 1. The smallest absolute Gasteiger partial charge is 0.267 e. The van der Waals surface area contributed by atoms with Crippen molar-refractivity contribution in [3.63, 3.8) is 0 Å². The summed E-state index contributed by atoms with van der Waals surface area (Å²) in [7, 11) is 0. The molecule has 0 aliphatic heterocycles. The molecule has 0 saturated carbocycles. The Labute approximate surface area is 117 Å². The topological polar surface area (TPSA) is 71.1 Å². The Morgan fingerprint density at radius 2 is 1.75 bits per heavy atom. The van der Waals surface area contributed by atoms with E-state index in [1.54, 1.807) is 30.5 Å². The first-order chi connectivity index (χ1) is 9.59. The number of carbonyl (C=O) groups excluding carboxylic acids is 2. The summed E-state index contributed by atoms with van der Waals surface area (Å²) in [5.74, 6) is -0.750. The van der Waals surface area contributed by atoms with E-state index in [2.05, 4.69) is 15.8 Å². The predicted molar refractivity (Wildman–Crippen MR) is 75.1 cm³/mol. The fourth-order valence-electron chi connectivity index (χ4n) is 1.75. The third-order valence-electron chi connectivity index (χ3n) is 3.06. The van der Waals surface area contributed by atoms with E-state index in [4.69, 9.17) is 0 Å². The Morgan fingerprint density at radius 1 is 1.00 bits per heavy atom. The third-order valence-corrected chi connectivity index (χ3v) is 3.06. The summed E-state index contributed by atoms with van der Waals surface area (Å²) in [6.07, 6.45) is 3.00. The maximum Gasteiger partial charge on any atom is 0.271 e. The quantitative estimate of drug-likeness (QED) is 0.816. The molecule has 1 heterocycles. The second-order valence-corrected chi connectivity index (χ2v) is 4.40. The molecular weight excluding hydrogens is 254 g/mol. The van der Waals surface area contributed by atoms with Crippen molar-refractivity contribution in [2.45, 2.75) is 13.8 Å². The Bertz CT molecular complexity index is 639. The van der Waals surface area contributed by atoms with Gasteiger partial charge in [0.2, 0.25) is 0 Å². The highest BCUT2D eigenvalue weighted by Gasteiger charge is 2.11. The molecular formula is C15H15N3O2. The first-order valence-corrected chi connectivity index (χ1v) is 6.16. The average Bonchev–Trinajstić information content (AvgIpc) is 2.48. The van der Waals surface area contributed by atoms with Gasteiger partial charge in [-0.15, -0.1) is 0 Å². The van der Waals surface area contributed by atoms with Crippen LogP contribution in [-0.4, -0.2) is 16.8 Å². The molecule has 0 saturated heterocycles. The molecule has 0 unspecified atom stereocenters. The number of hydrazine groups is 1. The van der Waals surface area contributed by atoms with E-state index in [9.17, 15) is 9.59 Å². The van der Waals surface area contributed by atoms with E-state index in [1.165, 1.54) is 6.20 Å². The van der Waals surface area contributed by atoms with Crippen LogP contribution in [0.1, 0.15) is 31.8 Å². The molecule has 5 heteroatoms. The number of carbonyl (C=O) groups is 2. The fourth-order valence-corrected chi connectivity index (χ4v) is 1.75. The van der Waals surface area contributed by atoms with Gasteiger partial charge in [-0.05, 0) is 43.2 Å². The van der Waals surface area contributed by atoms with Crippen LogP contribution >= 0.6 is 0 Å². The maximum absolute atomic E-state index is 12.0. The van der Waals surface area contributed by atoms with Gasteiger partial charge in [0.1, 0.15) is 0 Å². The first-order valence-electron chi connectivity index (χ1n) is 6.16. The van der Waals surface area contributed by atoms with Gasteiger partial charge in [0.25, 0.3) is 11.8 Å². The Hall–Kier alpha value is -2.69. The Kier molecular flexibility index (Phi) is 4.10. The largest absolute Gasteiger partial charge is 0.271 e. The van der Waals surface area contributed by atoms with Crippen molar-refractivity contribution in [2.75, 3.05) is 0 Å². The lowest BCUT2D eigenvalue weighted by Gasteiger charge is -2.10. The van der Waals surface area contributed by atoms with E-state index in [0.29, 0.717) is 11.1 Å². The number of aryl methyl sites for hydroxylation is 1. The van der Waals surface area contributed by atoms with Gasteiger partial charge < -0.3 is 0 Å². The molecule has 5 nitrogen and oxygen atoms in total. The number of amides is 2. The lowest BCUT2D eigenvalue weighted by atomic mass is 10.0. The summed E-state index contributed by atoms with van der Waals surface area (Å²) in [6.45, 7) is 3.80. The van der Waals surface area contributed by atoms with Gasteiger partial charge in [0.15, 0.2) is 0 Å². The van der Waals surface area contributed by atoms with Crippen molar-refractivity contribution in [3.8, 4) is 0 Å². The van der Waals surface area contributed by atoms with Gasteiger partial charge in [-0.25, -0.2) is 0 Å². The highest BCUT2D eigenvalue weighted by atomic mass is 16.2. The molecule has 0 aliphatic carbocycles. The zero-order chi connectivity index (χ0) is 14.5. The van der Waals surface area contributed by atoms with Crippen molar-refractivity contribution >= 4 is 11.8 Å². The van der Waals surface area contributed by atoms with Crippen LogP contribution in [0.15, 0.2) is 42.7 Å². The summed E-state index contributed by atoms with van der Waals surface area (Å²) in [5.41, 5.74) is 7.60. The minimum Gasteiger partial charge on any atom is -0.267 e. The van der Waals surface area contributed by atoms with Crippen LogP contribution in [0.5, 0.6) is 0 Å². The van der Waals surface area contributed by atoms with Gasteiger partial charge in [-0.3, -0.25) is 25.4 Å². The Balaban J connectivity index is 2.03. The van der Waals surface area contributed by atoms with Crippen molar-refractivity contribution < 1.29 is 9.59 Å². The molecule has 0 atom stereocenters. The molecule has 0 spiro atoms. The van der Waals surface area contributed by atoms with Gasteiger partial charge in [0, 0.05) is 18.0 Å². The Morgan fingerprint density at radius 3 is 2.45 bits per heavy atom. The van der Waals surface area contributed by atoms with Gasteiger partial charge in [-0.2, -0.15) is 0 Å². The van der Waals surface area contributed by atoms with Crippen LogP contribution in [-0.2, 0) is 0 Å². The van der Waals surface area contributed by atoms with Crippen LogP contribution < -0.4 is 10.9 Å². The molecule has 0 bridgehead atoms. The second-order valence-electron chi connectivity index (χ2n) is 4.40.